The first-order chi connectivity index (χ1) is 14.3. The SMILES string of the molecule is CCOC(=O)c1sc2ncn(CC(=O)Nc3cccc(C(=O)OC)c3)c(=O)c2c1C. The van der Waals surface area contributed by atoms with Gasteiger partial charge in [0, 0.05) is 5.69 Å². The minimum atomic E-state index is -0.526. The molecule has 0 saturated carbocycles. The minimum Gasteiger partial charge on any atom is -0.465 e. The van der Waals surface area contributed by atoms with Crippen molar-refractivity contribution in [2.75, 3.05) is 19.0 Å². The Hall–Kier alpha value is -3.53. The highest BCUT2D eigenvalue weighted by Gasteiger charge is 2.20. The van der Waals surface area contributed by atoms with Gasteiger partial charge < -0.3 is 14.8 Å². The fraction of sp³-hybridized carbons (Fsp3) is 0.250. The predicted molar refractivity (Wildman–Crippen MR) is 111 cm³/mol. The highest BCUT2D eigenvalue weighted by molar-refractivity contribution is 7.20. The first-order valence-electron chi connectivity index (χ1n) is 8.99. The van der Waals surface area contributed by atoms with Crippen LogP contribution in [0, 0.1) is 6.92 Å². The van der Waals surface area contributed by atoms with Crippen LogP contribution >= 0.6 is 11.3 Å². The van der Waals surface area contributed by atoms with Crippen LogP contribution in [0.4, 0.5) is 5.69 Å². The van der Waals surface area contributed by atoms with E-state index < -0.39 is 23.4 Å². The molecule has 3 aromatic rings. The van der Waals surface area contributed by atoms with Crippen molar-refractivity contribution in [3.05, 3.63) is 57.0 Å². The standard InChI is InChI=1S/C20H19N3O6S/c1-4-29-20(27)16-11(2)15-17(30-16)21-10-23(18(15)25)9-14(24)22-13-7-5-6-12(8-13)19(26)28-3/h5-8,10H,4,9H2,1-3H3,(H,22,24). The first-order valence-corrected chi connectivity index (χ1v) is 9.81. The smallest absolute Gasteiger partial charge is 0.348 e. The van der Waals surface area contributed by atoms with Gasteiger partial charge in [0.25, 0.3) is 5.56 Å². The van der Waals surface area contributed by atoms with E-state index in [2.05, 4.69) is 15.0 Å². The Morgan fingerprint density at radius 2 is 2.00 bits per heavy atom. The number of thiophene rings is 1. The van der Waals surface area contributed by atoms with E-state index in [9.17, 15) is 19.2 Å². The molecule has 2 heterocycles. The third-order valence-electron chi connectivity index (χ3n) is 4.26. The van der Waals surface area contributed by atoms with Gasteiger partial charge in [-0.3, -0.25) is 14.2 Å². The second-order valence-corrected chi connectivity index (χ2v) is 7.25. The first kappa shape index (κ1) is 21.2. The molecule has 0 aliphatic rings. The molecule has 1 amide bonds. The number of methoxy groups -OCH3 is 1. The van der Waals surface area contributed by atoms with Gasteiger partial charge in [0.05, 0.1) is 31.0 Å². The topological polar surface area (TPSA) is 117 Å². The van der Waals surface area contributed by atoms with E-state index in [4.69, 9.17) is 4.74 Å². The quantitative estimate of drug-likeness (QED) is 0.598. The average molecular weight is 429 g/mol. The van der Waals surface area contributed by atoms with Gasteiger partial charge in [-0.15, -0.1) is 11.3 Å². The lowest BCUT2D eigenvalue weighted by Crippen LogP contribution is -2.28. The highest BCUT2D eigenvalue weighted by Crippen LogP contribution is 2.27. The molecule has 0 atom stereocenters. The number of aryl methyl sites for hydroxylation is 1. The van der Waals surface area contributed by atoms with Gasteiger partial charge in [-0.25, -0.2) is 14.6 Å². The number of carbonyl (C=O) groups is 3. The van der Waals surface area contributed by atoms with Crippen LogP contribution in [-0.2, 0) is 20.8 Å². The molecule has 1 N–H and O–H groups in total. The summed E-state index contributed by atoms with van der Waals surface area (Å²) < 4.78 is 10.8. The van der Waals surface area contributed by atoms with Gasteiger partial charge in [0.2, 0.25) is 5.91 Å². The largest absolute Gasteiger partial charge is 0.465 e. The molecule has 0 saturated heterocycles. The third-order valence-corrected chi connectivity index (χ3v) is 5.44. The second-order valence-electron chi connectivity index (χ2n) is 6.25. The number of benzene rings is 1. The van der Waals surface area contributed by atoms with Gasteiger partial charge in [-0.2, -0.15) is 0 Å². The maximum absolute atomic E-state index is 12.8. The third kappa shape index (κ3) is 4.23. The number of fused-ring (bicyclic) bond motifs is 1. The lowest BCUT2D eigenvalue weighted by atomic mass is 10.2. The zero-order valence-electron chi connectivity index (χ0n) is 16.6. The van der Waals surface area contributed by atoms with E-state index in [1.54, 1.807) is 32.0 Å². The van der Waals surface area contributed by atoms with Crippen molar-refractivity contribution in [1.82, 2.24) is 9.55 Å². The predicted octanol–water partition coefficient (Wildman–Crippen LogP) is 2.37. The molecular formula is C20H19N3O6S. The normalized spacial score (nSPS) is 10.6. The number of amides is 1. The summed E-state index contributed by atoms with van der Waals surface area (Å²) in [6.45, 7) is 3.29. The fourth-order valence-electron chi connectivity index (χ4n) is 2.86. The van der Waals surface area contributed by atoms with E-state index in [0.29, 0.717) is 21.0 Å². The molecule has 0 fully saturated rings. The Bertz CT molecular complexity index is 1200. The number of aromatic nitrogens is 2. The van der Waals surface area contributed by atoms with Crippen molar-refractivity contribution in [2.45, 2.75) is 20.4 Å². The molecular weight excluding hydrogens is 410 g/mol. The fourth-order valence-corrected chi connectivity index (χ4v) is 3.89. The van der Waals surface area contributed by atoms with E-state index >= 15 is 0 Å². The van der Waals surface area contributed by atoms with Crippen molar-refractivity contribution in [3.8, 4) is 0 Å². The number of nitrogens with one attached hydrogen (secondary N) is 1. The maximum atomic E-state index is 12.8. The Morgan fingerprint density at radius 3 is 2.70 bits per heavy atom. The van der Waals surface area contributed by atoms with Gasteiger partial charge in [-0.05, 0) is 37.6 Å². The van der Waals surface area contributed by atoms with Crippen LogP contribution in [0.2, 0.25) is 0 Å². The Morgan fingerprint density at radius 1 is 1.23 bits per heavy atom. The molecule has 0 radical (unpaired) electrons. The molecule has 0 aliphatic carbocycles. The number of carbonyl (C=O) groups excluding carboxylic acids is 3. The minimum absolute atomic E-state index is 0.224. The molecule has 156 valence electrons. The van der Waals surface area contributed by atoms with E-state index in [-0.39, 0.29) is 24.1 Å². The van der Waals surface area contributed by atoms with Crippen molar-refractivity contribution >= 4 is 45.1 Å². The van der Waals surface area contributed by atoms with Crippen LogP contribution in [0.5, 0.6) is 0 Å². The molecule has 0 unspecified atom stereocenters. The average Bonchev–Trinajstić information content (AvgIpc) is 3.07. The monoisotopic (exact) mass is 429 g/mol. The number of esters is 2. The summed E-state index contributed by atoms with van der Waals surface area (Å²) in [7, 11) is 1.27. The van der Waals surface area contributed by atoms with Crippen molar-refractivity contribution in [3.63, 3.8) is 0 Å². The van der Waals surface area contributed by atoms with Crippen LogP contribution < -0.4 is 10.9 Å². The number of hydrogen-bond donors (Lipinski definition) is 1. The molecule has 3 rings (SSSR count). The second kappa shape index (κ2) is 8.87. The summed E-state index contributed by atoms with van der Waals surface area (Å²) >= 11 is 1.08. The summed E-state index contributed by atoms with van der Waals surface area (Å²) in [6.07, 6.45) is 1.26. The summed E-state index contributed by atoms with van der Waals surface area (Å²) in [5.74, 6) is -1.51. The van der Waals surface area contributed by atoms with E-state index in [1.165, 1.54) is 19.5 Å². The molecule has 1 aromatic carbocycles. The number of anilines is 1. The van der Waals surface area contributed by atoms with Crippen molar-refractivity contribution in [1.29, 1.82) is 0 Å². The molecule has 0 spiro atoms. The van der Waals surface area contributed by atoms with Crippen LogP contribution in [0.25, 0.3) is 10.2 Å². The van der Waals surface area contributed by atoms with E-state index in [1.807, 2.05) is 0 Å². The highest BCUT2D eigenvalue weighted by atomic mass is 32.1. The number of hydrogen-bond acceptors (Lipinski definition) is 8. The van der Waals surface area contributed by atoms with Gasteiger partial charge in [-0.1, -0.05) is 6.07 Å². The van der Waals surface area contributed by atoms with Crippen molar-refractivity contribution in [2.24, 2.45) is 0 Å². The van der Waals surface area contributed by atoms with Gasteiger partial charge in [0.15, 0.2) is 0 Å². The van der Waals surface area contributed by atoms with Crippen molar-refractivity contribution < 1.29 is 23.9 Å². The van der Waals surface area contributed by atoms with Crippen LogP contribution in [0.1, 0.15) is 32.5 Å². The van der Waals surface area contributed by atoms with Crippen LogP contribution in [0.3, 0.4) is 0 Å². The molecule has 9 nitrogen and oxygen atoms in total. The summed E-state index contributed by atoms with van der Waals surface area (Å²) in [4.78, 5) is 53.9. The zero-order chi connectivity index (χ0) is 21.8. The van der Waals surface area contributed by atoms with Gasteiger partial charge in [0.1, 0.15) is 16.3 Å². The van der Waals surface area contributed by atoms with Crippen LogP contribution in [0.15, 0.2) is 35.4 Å². The lowest BCUT2D eigenvalue weighted by Gasteiger charge is -2.08. The lowest BCUT2D eigenvalue weighted by molar-refractivity contribution is -0.116. The summed E-state index contributed by atoms with van der Waals surface area (Å²) in [6, 6.07) is 6.25. The number of nitrogens with zero attached hydrogens (tertiary/aromatic N) is 2. The Balaban J connectivity index is 1.84. The maximum Gasteiger partial charge on any atom is 0.348 e. The van der Waals surface area contributed by atoms with Crippen LogP contribution in [-0.4, -0.2) is 41.1 Å². The molecule has 30 heavy (non-hydrogen) atoms. The molecule has 0 bridgehead atoms. The van der Waals surface area contributed by atoms with Gasteiger partial charge >= 0.3 is 11.9 Å². The number of rotatable bonds is 6. The Labute approximate surface area is 175 Å². The number of ether oxygens (including phenoxy) is 2. The Kier molecular flexibility index (Phi) is 6.26. The molecule has 0 aliphatic heterocycles. The molecule has 10 heteroatoms. The summed E-state index contributed by atoms with van der Waals surface area (Å²) in [5.41, 5.74) is 0.728. The summed E-state index contributed by atoms with van der Waals surface area (Å²) in [5, 5.41) is 2.92. The zero-order valence-corrected chi connectivity index (χ0v) is 17.4. The molecule has 2 aromatic heterocycles. The van der Waals surface area contributed by atoms with E-state index in [0.717, 1.165) is 15.9 Å².